The smallest absolute Gasteiger partial charge is 0.0351 e. The molecule has 1 heterocycles. The summed E-state index contributed by atoms with van der Waals surface area (Å²) in [6, 6.07) is 10.5. The molecule has 2 rings (SSSR count). The molecular weight excluding hydrogens is 208 g/mol. The van der Waals surface area contributed by atoms with Gasteiger partial charge in [0.2, 0.25) is 0 Å². The van der Waals surface area contributed by atoms with Crippen molar-refractivity contribution in [1.82, 2.24) is 4.98 Å². The molecule has 1 unspecified atom stereocenters. The lowest BCUT2D eigenvalue weighted by molar-refractivity contribution is 0.714. The average Bonchev–Trinajstić information content (AvgIpc) is 2.35. The molecule has 88 valence electrons. The van der Waals surface area contributed by atoms with E-state index in [0.29, 0.717) is 0 Å². The fraction of sp³-hybridized carbons (Fsp3) is 0.267. The second-order valence-electron chi connectivity index (χ2n) is 4.53. The van der Waals surface area contributed by atoms with Crippen LogP contribution in [0.1, 0.15) is 28.3 Å². The molecule has 2 N–H and O–H groups in total. The Hall–Kier alpha value is -1.67. The van der Waals surface area contributed by atoms with Gasteiger partial charge in [0.25, 0.3) is 0 Å². The van der Waals surface area contributed by atoms with Crippen LogP contribution < -0.4 is 5.73 Å². The highest BCUT2D eigenvalue weighted by atomic mass is 14.7. The molecule has 0 aliphatic rings. The maximum Gasteiger partial charge on any atom is 0.0351 e. The van der Waals surface area contributed by atoms with Gasteiger partial charge >= 0.3 is 0 Å². The van der Waals surface area contributed by atoms with Gasteiger partial charge in [-0.05, 0) is 43.0 Å². The third-order valence-electron chi connectivity index (χ3n) is 3.06. The van der Waals surface area contributed by atoms with Crippen molar-refractivity contribution in [3.8, 4) is 0 Å². The maximum atomic E-state index is 6.21. The molecule has 0 saturated heterocycles. The van der Waals surface area contributed by atoms with Gasteiger partial charge in [0, 0.05) is 18.4 Å². The van der Waals surface area contributed by atoms with Crippen LogP contribution >= 0.6 is 0 Å². The summed E-state index contributed by atoms with van der Waals surface area (Å²) in [7, 11) is 0. The molecule has 17 heavy (non-hydrogen) atoms. The highest BCUT2D eigenvalue weighted by molar-refractivity contribution is 5.32. The number of aromatic nitrogens is 1. The fourth-order valence-corrected chi connectivity index (χ4v) is 1.97. The maximum absolute atomic E-state index is 6.21. The van der Waals surface area contributed by atoms with Gasteiger partial charge in [-0.3, -0.25) is 4.98 Å². The molecule has 0 radical (unpaired) electrons. The number of hydrogen-bond donors (Lipinski definition) is 1. The monoisotopic (exact) mass is 226 g/mol. The first-order chi connectivity index (χ1) is 8.16. The third-order valence-corrected chi connectivity index (χ3v) is 3.06. The van der Waals surface area contributed by atoms with Gasteiger partial charge in [0.1, 0.15) is 0 Å². The number of aryl methyl sites for hydroxylation is 2. The lowest BCUT2D eigenvalue weighted by Gasteiger charge is -2.14. The Bertz CT molecular complexity index is 492. The first kappa shape index (κ1) is 11.8. The van der Waals surface area contributed by atoms with Crippen molar-refractivity contribution in [1.29, 1.82) is 0 Å². The van der Waals surface area contributed by atoms with E-state index < -0.39 is 0 Å². The number of nitrogens with two attached hydrogens (primary N) is 1. The molecule has 0 aliphatic carbocycles. The predicted molar refractivity (Wildman–Crippen MR) is 70.8 cm³/mol. The normalized spacial score (nSPS) is 12.4. The Morgan fingerprint density at radius 3 is 2.76 bits per heavy atom. The van der Waals surface area contributed by atoms with Crippen molar-refractivity contribution >= 4 is 0 Å². The van der Waals surface area contributed by atoms with E-state index in [-0.39, 0.29) is 6.04 Å². The van der Waals surface area contributed by atoms with E-state index >= 15 is 0 Å². The molecule has 0 spiro atoms. The summed E-state index contributed by atoms with van der Waals surface area (Å²) >= 11 is 0. The minimum Gasteiger partial charge on any atom is -0.324 e. The zero-order valence-corrected chi connectivity index (χ0v) is 10.4. The Labute approximate surface area is 103 Å². The highest BCUT2D eigenvalue weighted by Crippen LogP contribution is 2.18. The van der Waals surface area contributed by atoms with Gasteiger partial charge in [0.15, 0.2) is 0 Å². The number of nitrogens with zero attached hydrogens (tertiary/aromatic N) is 1. The molecule has 0 aliphatic heterocycles. The summed E-state index contributed by atoms with van der Waals surface area (Å²) in [6.07, 6.45) is 4.48. The second kappa shape index (κ2) is 5.11. The lowest BCUT2D eigenvalue weighted by Crippen LogP contribution is -2.14. The Kier molecular flexibility index (Phi) is 3.55. The van der Waals surface area contributed by atoms with E-state index in [1.165, 1.54) is 16.7 Å². The van der Waals surface area contributed by atoms with Crippen LogP contribution in [0.4, 0.5) is 0 Å². The van der Waals surface area contributed by atoms with E-state index in [9.17, 15) is 0 Å². The summed E-state index contributed by atoms with van der Waals surface area (Å²) in [6.45, 7) is 4.24. The van der Waals surface area contributed by atoms with Crippen LogP contribution in [-0.4, -0.2) is 4.98 Å². The van der Waals surface area contributed by atoms with E-state index in [2.05, 4.69) is 37.0 Å². The van der Waals surface area contributed by atoms with E-state index in [1.807, 2.05) is 18.3 Å². The molecule has 0 saturated carbocycles. The molecule has 2 heteroatoms. The van der Waals surface area contributed by atoms with Crippen LogP contribution in [-0.2, 0) is 6.42 Å². The number of pyridine rings is 1. The lowest BCUT2D eigenvalue weighted by atomic mass is 9.96. The summed E-state index contributed by atoms with van der Waals surface area (Å²) < 4.78 is 0. The number of hydrogen-bond acceptors (Lipinski definition) is 2. The van der Waals surface area contributed by atoms with E-state index in [4.69, 9.17) is 5.73 Å². The van der Waals surface area contributed by atoms with Crippen molar-refractivity contribution in [2.75, 3.05) is 0 Å². The summed E-state index contributed by atoms with van der Waals surface area (Å²) in [5, 5.41) is 0. The average molecular weight is 226 g/mol. The Morgan fingerprint density at radius 2 is 2.06 bits per heavy atom. The van der Waals surface area contributed by atoms with Gasteiger partial charge in [0.05, 0.1) is 0 Å². The summed E-state index contributed by atoms with van der Waals surface area (Å²) in [5.41, 5.74) is 11.2. The highest BCUT2D eigenvalue weighted by Gasteiger charge is 2.08. The molecule has 2 nitrogen and oxygen atoms in total. The van der Waals surface area contributed by atoms with Gasteiger partial charge < -0.3 is 5.73 Å². The van der Waals surface area contributed by atoms with E-state index in [0.717, 1.165) is 12.0 Å². The van der Waals surface area contributed by atoms with Crippen LogP contribution in [0.3, 0.4) is 0 Å². The van der Waals surface area contributed by atoms with Gasteiger partial charge in [-0.1, -0.05) is 29.8 Å². The van der Waals surface area contributed by atoms with E-state index in [1.54, 1.807) is 6.20 Å². The molecule has 0 fully saturated rings. The van der Waals surface area contributed by atoms with Crippen LogP contribution in [0, 0.1) is 13.8 Å². The van der Waals surface area contributed by atoms with Crippen molar-refractivity contribution in [3.05, 3.63) is 65.0 Å². The topological polar surface area (TPSA) is 38.9 Å². The van der Waals surface area contributed by atoms with Crippen molar-refractivity contribution < 1.29 is 0 Å². The quantitative estimate of drug-likeness (QED) is 0.874. The first-order valence-corrected chi connectivity index (χ1v) is 5.88. The van der Waals surface area contributed by atoms with Gasteiger partial charge in [-0.2, -0.15) is 0 Å². The van der Waals surface area contributed by atoms with Crippen LogP contribution in [0.25, 0.3) is 0 Å². The zero-order chi connectivity index (χ0) is 12.3. The molecule has 1 aromatic carbocycles. The van der Waals surface area contributed by atoms with Crippen LogP contribution in [0.2, 0.25) is 0 Å². The number of benzene rings is 1. The molecule has 1 atom stereocenters. The molecular formula is C15H18N2. The zero-order valence-electron chi connectivity index (χ0n) is 10.4. The van der Waals surface area contributed by atoms with Gasteiger partial charge in [-0.15, -0.1) is 0 Å². The minimum absolute atomic E-state index is 0.0178. The second-order valence-corrected chi connectivity index (χ2v) is 4.53. The Morgan fingerprint density at radius 1 is 1.24 bits per heavy atom. The molecule has 0 amide bonds. The molecule has 1 aromatic heterocycles. The minimum atomic E-state index is 0.0178. The Balaban J connectivity index is 2.18. The largest absolute Gasteiger partial charge is 0.324 e. The number of rotatable bonds is 3. The molecule has 0 bridgehead atoms. The SMILES string of the molecule is Cc1ccc(C)c(CC(N)c2cccnc2)c1. The standard InChI is InChI=1S/C15H18N2/c1-11-5-6-12(2)14(8-11)9-15(16)13-4-3-7-17-10-13/h3-8,10,15H,9,16H2,1-2H3. The predicted octanol–water partition coefficient (Wildman–Crippen LogP) is 2.94. The first-order valence-electron chi connectivity index (χ1n) is 5.88. The van der Waals surface area contributed by atoms with Crippen molar-refractivity contribution in [2.45, 2.75) is 26.3 Å². The summed E-state index contributed by atoms with van der Waals surface area (Å²) in [5.74, 6) is 0. The summed E-state index contributed by atoms with van der Waals surface area (Å²) in [4.78, 5) is 4.11. The van der Waals surface area contributed by atoms with Gasteiger partial charge in [-0.25, -0.2) is 0 Å². The fourth-order valence-electron chi connectivity index (χ4n) is 1.97. The van der Waals surface area contributed by atoms with Crippen molar-refractivity contribution in [3.63, 3.8) is 0 Å². The van der Waals surface area contributed by atoms with Crippen LogP contribution in [0.5, 0.6) is 0 Å². The van der Waals surface area contributed by atoms with Crippen LogP contribution in [0.15, 0.2) is 42.7 Å². The van der Waals surface area contributed by atoms with Crippen molar-refractivity contribution in [2.24, 2.45) is 5.73 Å². The molecule has 2 aromatic rings. The third kappa shape index (κ3) is 2.92.